The normalized spacial score (nSPS) is 16.2. The van der Waals surface area contributed by atoms with Gasteiger partial charge >= 0.3 is 0 Å². The topological polar surface area (TPSA) is 49.4 Å². The molecule has 0 saturated carbocycles. The van der Waals surface area contributed by atoms with Crippen LogP contribution in [0.5, 0.6) is 0 Å². The fraction of sp³-hybridized carbons (Fsp3) is 0.417. The molecule has 1 unspecified atom stereocenters. The minimum atomic E-state index is -0.337. The summed E-state index contributed by atoms with van der Waals surface area (Å²) in [6.45, 7) is 7.61. The van der Waals surface area contributed by atoms with Gasteiger partial charge in [-0.05, 0) is 62.3 Å². The van der Waals surface area contributed by atoms with Gasteiger partial charge in [0.1, 0.15) is 6.04 Å². The maximum Gasteiger partial charge on any atom is 0.242 e. The lowest BCUT2D eigenvalue weighted by Gasteiger charge is -2.24. The second-order valence-electron chi connectivity index (χ2n) is 7.83. The summed E-state index contributed by atoms with van der Waals surface area (Å²) in [4.78, 5) is 27.2. The maximum absolute atomic E-state index is 12.7. The zero-order chi connectivity index (χ0) is 20.1. The van der Waals surface area contributed by atoms with E-state index in [1.165, 1.54) is 22.3 Å². The Morgan fingerprint density at radius 2 is 1.75 bits per heavy atom. The van der Waals surface area contributed by atoms with E-state index < -0.39 is 0 Å². The van der Waals surface area contributed by atoms with Crippen LogP contribution in [0, 0.1) is 20.8 Å². The maximum atomic E-state index is 12.7. The highest BCUT2D eigenvalue weighted by molar-refractivity contribution is 5.89. The molecule has 4 nitrogen and oxygen atoms in total. The fourth-order valence-corrected chi connectivity index (χ4v) is 4.24. The molecule has 1 fully saturated rings. The Kier molecular flexibility index (Phi) is 6.50. The molecular formula is C24H30N2O2. The number of carbonyl (C=O) groups is 2. The van der Waals surface area contributed by atoms with Crippen molar-refractivity contribution >= 4 is 11.8 Å². The zero-order valence-corrected chi connectivity index (χ0v) is 17.1. The Hall–Kier alpha value is -2.62. The van der Waals surface area contributed by atoms with Crippen molar-refractivity contribution in [2.75, 3.05) is 13.1 Å². The van der Waals surface area contributed by atoms with E-state index in [0.717, 1.165) is 24.8 Å². The number of carbonyl (C=O) groups excluding carboxylic acids is 2. The Balaban J connectivity index is 1.55. The minimum absolute atomic E-state index is 0.0265. The molecule has 28 heavy (non-hydrogen) atoms. The van der Waals surface area contributed by atoms with Gasteiger partial charge in [0.15, 0.2) is 0 Å². The molecular weight excluding hydrogens is 348 g/mol. The molecule has 2 amide bonds. The van der Waals surface area contributed by atoms with E-state index in [9.17, 15) is 9.59 Å². The van der Waals surface area contributed by atoms with Gasteiger partial charge in [-0.25, -0.2) is 0 Å². The number of rotatable bonds is 6. The molecule has 0 radical (unpaired) electrons. The van der Waals surface area contributed by atoms with Crippen LogP contribution in [-0.4, -0.2) is 35.8 Å². The zero-order valence-electron chi connectivity index (χ0n) is 17.1. The van der Waals surface area contributed by atoms with E-state index >= 15 is 0 Å². The molecule has 2 aromatic carbocycles. The molecule has 1 aliphatic heterocycles. The smallest absolute Gasteiger partial charge is 0.242 e. The number of nitrogens with zero attached hydrogens (tertiary/aromatic N) is 1. The van der Waals surface area contributed by atoms with Crippen molar-refractivity contribution in [3.8, 4) is 0 Å². The molecule has 0 aliphatic carbocycles. The van der Waals surface area contributed by atoms with Crippen LogP contribution in [0.15, 0.2) is 42.5 Å². The minimum Gasteiger partial charge on any atom is -0.354 e. The summed E-state index contributed by atoms with van der Waals surface area (Å²) in [5, 5.41) is 3.06. The van der Waals surface area contributed by atoms with Gasteiger partial charge in [-0.2, -0.15) is 0 Å². The van der Waals surface area contributed by atoms with Gasteiger partial charge < -0.3 is 10.2 Å². The van der Waals surface area contributed by atoms with Gasteiger partial charge in [0.05, 0.1) is 6.42 Å². The number of likely N-dealkylation sites (tertiary alicyclic amines) is 1. The van der Waals surface area contributed by atoms with Crippen LogP contribution in [-0.2, 0) is 22.4 Å². The highest BCUT2D eigenvalue weighted by Gasteiger charge is 2.33. The summed E-state index contributed by atoms with van der Waals surface area (Å²) in [6, 6.07) is 13.8. The summed E-state index contributed by atoms with van der Waals surface area (Å²) in [7, 11) is 0. The number of hydrogen-bond donors (Lipinski definition) is 1. The van der Waals surface area contributed by atoms with Crippen LogP contribution >= 0.6 is 0 Å². The molecule has 1 aliphatic rings. The van der Waals surface area contributed by atoms with E-state index in [4.69, 9.17) is 0 Å². The highest BCUT2D eigenvalue weighted by atomic mass is 16.2. The van der Waals surface area contributed by atoms with Crippen LogP contribution in [0.3, 0.4) is 0 Å². The average molecular weight is 379 g/mol. The summed E-state index contributed by atoms with van der Waals surface area (Å²) < 4.78 is 0. The average Bonchev–Trinajstić information content (AvgIpc) is 3.14. The van der Waals surface area contributed by atoms with E-state index in [2.05, 4.69) is 38.2 Å². The Morgan fingerprint density at radius 3 is 2.43 bits per heavy atom. The highest BCUT2D eigenvalue weighted by Crippen LogP contribution is 2.20. The van der Waals surface area contributed by atoms with Crippen molar-refractivity contribution in [1.29, 1.82) is 0 Å². The van der Waals surface area contributed by atoms with Gasteiger partial charge in [0.2, 0.25) is 11.8 Å². The first-order valence-corrected chi connectivity index (χ1v) is 10.1. The molecule has 1 N–H and O–H groups in total. The molecule has 1 saturated heterocycles. The third-order valence-electron chi connectivity index (χ3n) is 5.59. The first-order chi connectivity index (χ1) is 13.5. The third kappa shape index (κ3) is 4.80. The fourth-order valence-electron chi connectivity index (χ4n) is 4.24. The standard InChI is InChI=1S/C24H30N2O2/c1-17-14-18(2)21(19(3)15-17)11-12-25-24(28)22-10-7-13-26(22)23(27)16-20-8-5-4-6-9-20/h4-6,8-9,14-15,22H,7,10-13,16H2,1-3H3,(H,25,28). The van der Waals surface area contributed by atoms with E-state index in [-0.39, 0.29) is 17.9 Å². The molecule has 1 atom stereocenters. The largest absolute Gasteiger partial charge is 0.354 e. The van der Waals surface area contributed by atoms with Crippen LogP contribution in [0.4, 0.5) is 0 Å². The second kappa shape index (κ2) is 9.05. The Bertz CT molecular complexity index is 822. The lowest BCUT2D eigenvalue weighted by Crippen LogP contribution is -2.46. The van der Waals surface area contributed by atoms with Gasteiger partial charge in [-0.15, -0.1) is 0 Å². The molecule has 0 aromatic heterocycles. The Morgan fingerprint density at radius 1 is 1.07 bits per heavy atom. The molecule has 0 bridgehead atoms. The molecule has 148 valence electrons. The lowest BCUT2D eigenvalue weighted by atomic mass is 9.97. The molecule has 1 heterocycles. The van der Waals surface area contributed by atoms with Crippen molar-refractivity contribution in [2.24, 2.45) is 0 Å². The van der Waals surface area contributed by atoms with Crippen LogP contribution < -0.4 is 5.32 Å². The second-order valence-corrected chi connectivity index (χ2v) is 7.83. The number of aryl methyl sites for hydroxylation is 3. The number of nitrogens with one attached hydrogen (secondary N) is 1. The van der Waals surface area contributed by atoms with Crippen LogP contribution in [0.1, 0.15) is 40.7 Å². The summed E-state index contributed by atoms with van der Waals surface area (Å²) in [5.41, 5.74) is 6.10. The lowest BCUT2D eigenvalue weighted by molar-refractivity contribution is -0.137. The molecule has 2 aromatic rings. The van der Waals surface area contributed by atoms with Crippen molar-refractivity contribution < 1.29 is 9.59 Å². The molecule has 4 heteroatoms. The van der Waals surface area contributed by atoms with Gasteiger partial charge in [0, 0.05) is 13.1 Å². The van der Waals surface area contributed by atoms with Crippen LogP contribution in [0.25, 0.3) is 0 Å². The van der Waals surface area contributed by atoms with Crippen molar-refractivity contribution in [3.63, 3.8) is 0 Å². The summed E-state index contributed by atoms with van der Waals surface area (Å²) in [6.07, 6.45) is 2.80. The number of benzene rings is 2. The van der Waals surface area contributed by atoms with E-state index in [1.807, 2.05) is 30.3 Å². The molecule has 0 spiro atoms. The first-order valence-electron chi connectivity index (χ1n) is 10.1. The predicted molar refractivity (Wildman–Crippen MR) is 112 cm³/mol. The SMILES string of the molecule is Cc1cc(C)c(CCNC(=O)C2CCCN2C(=O)Cc2ccccc2)c(C)c1. The van der Waals surface area contributed by atoms with Gasteiger partial charge in [0.25, 0.3) is 0 Å². The monoisotopic (exact) mass is 378 g/mol. The van der Waals surface area contributed by atoms with E-state index in [1.54, 1.807) is 4.90 Å². The summed E-state index contributed by atoms with van der Waals surface area (Å²) >= 11 is 0. The third-order valence-corrected chi connectivity index (χ3v) is 5.59. The van der Waals surface area contributed by atoms with Gasteiger partial charge in [-0.3, -0.25) is 9.59 Å². The van der Waals surface area contributed by atoms with Crippen LogP contribution in [0.2, 0.25) is 0 Å². The Labute approximate surface area is 167 Å². The first kappa shape index (κ1) is 20.1. The number of hydrogen-bond acceptors (Lipinski definition) is 2. The number of amides is 2. The van der Waals surface area contributed by atoms with Crippen molar-refractivity contribution in [1.82, 2.24) is 10.2 Å². The molecule has 3 rings (SSSR count). The quantitative estimate of drug-likeness (QED) is 0.836. The van der Waals surface area contributed by atoms with E-state index in [0.29, 0.717) is 19.5 Å². The predicted octanol–water partition coefficient (Wildman–Crippen LogP) is 3.50. The van der Waals surface area contributed by atoms with Gasteiger partial charge in [-0.1, -0.05) is 48.0 Å². The summed E-state index contributed by atoms with van der Waals surface area (Å²) in [5.74, 6) is 0.00963. The van der Waals surface area contributed by atoms with Crippen molar-refractivity contribution in [2.45, 2.75) is 52.5 Å². The van der Waals surface area contributed by atoms with Crippen molar-refractivity contribution in [3.05, 3.63) is 70.3 Å².